The van der Waals surface area contributed by atoms with Gasteiger partial charge in [0, 0.05) is 33.6 Å². The molecule has 1 N–H and O–H groups in total. The van der Waals surface area contributed by atoms with E-state index in [2.05, 4.69) is 40.6 Å². The number of fused-ring (bicyclic) bond motifs is 1. The van der Waals surface area contributed by atoms with Gasteiger partial charge in [0.15, 0.2) is 0 Å². The van der Waals surface area contributed by atoms with Crippen molar-refractivity contribution < 1.29 is 9.18 Å². The Morgan fingerprint density at radius 3 is 2.78 bits per heavy atom. The van der Waals surface area contributed by atoms with Gasteiger partial charge in [-0.3, -0.25) is 0 Å². The molecule has 1 aliphatic carbocycles. The number of carbonyl (C=O) groups is 1. The number of nitrogens with zero attached hydrogens (tertiary/aromatic N) is 4. The summed E-state index contributed by atoms with van der Waals surface area (Å²) < 4.78 is 16.7. The average molecular weight is 488 g/mol. The molecule has 8 heteroatoms. The number of benzene rings is 2. The molecule has 2 amide bonds. The van der Waals surface area contributed by atoms with Crippen LogP contribution in [0.4, 0.5) is 9.18 Å². The van der Waals surface area contributed by atoms with E-state index < -0.39 is 11.5 Å². The number of carbonyl (C=O) groups excluding carboxylic acids is 1. The van der Waals surface area contributed by atoms with Gasteiger partial charge in [-0.2, -0.15) is 5.10 Å². The van der Waals surface area contributed by atoms with Gasteiger partial charge in [0.2, 0.25) is 0 Å². The molecule has 5 rings (SSSR count). The van der Waals surface area contributed by atoms with Crippen molar-refractivity contribution in [1.82, 2.24) is 24.6 Å². The summed E-state index contributed by atoms with van der Waals surface area (Å²) in [5.74, 6) is 0.136. The van der Waals surface area contributed by atoms with Gasteiger partial charge in [-0.25, -0.2) is 23.6 Å². The molecule has 186 valence electrons. The van der Waals surface area contributed by atoms with E-state index in [1.54, 1.807) is 30.0 Å². The second-order valence-corrected chi connectivity index (χ2v) is 9.67. The maximum atomic E-state index is 15.4. The van der Waals surface area contributed by atoms with Crippen LogP contribution >= 0.6 is 0 Å². The lowest BCUT2D eigenvalue weighted by Crippen LogP contribution is -2.37. The zero-order chi connectivity index (χ0) is 25.2. The van der Waals surface area contributed by atoms with Crippen molar-refractivity contribution in [3.8, 4) is 16.8 Å². The van der Waals surface area contributed by atoms with Crippen LogP contribution in [0, 0.1) is 11.7 Å². The standard InChI is InChI=1S/C28H30FN5O2/c1-32(2)28(36)33-14-13-19(18-33)15-26-30-31-27(35)34(26)25-12-11-23(17-24(25)29)22-10-9-20-7-5-3-4-6-8-21(20)16-22/h3-5,7,9-12,16-17,19H,6,8,13-15,18H2,1-2H3,(H,31,35)/b4-3-,7-5-/t19-/m0/s1. The first-order chi connectivity index (χ1) is 17.4. The number of likely N-dealkylation sites (tertiary alicyclic amines) is 1. The third-order valence-electron chi connectivity index (χ3n) is 6.92. The zero-order valence-electron chi connectivity index (χ0n) is 20.6. The van der Waals surface area contributed by atoms with Crippen molar-refractivity contribution in [3.63, 3.8) is 0 Å². The Morgan fingerprint density at radius 1 is 1.17 bits per heavy atom. The number of halogens is 1. The summed E-state index contributed by atoms with van der Waals surface area (Å²) in [6, 6.07) is 11.1. The quantitative estimate of drug-likeness (QED) is 0.592. The summed E-state index contributed by atoms with van der Waals surface area (Å²) in [6.45, 7) is 1.25. The van der Waals surface area contributed by atoms with Gasteiger partial charge in [0.1, 0.15) is 11.6 Å². The lowest BCUT2D eigenvalue weighted by Gasteiger charge is -2.21. The van der Waals surface area contributed by atoms with Crippen molar-refractivity contribution in [1.29, 1.82) is 0 Å². The van der Waals surface area contributed by atoms with E-state index in [4.69, 9.17) is 0 Å². The Morgan fingerprint density at radius 2 is 1.97 bits per heavy atom. The molecule has 0 bridgehead atoms. The van der Waals surface area contributed by atoms with Gasteiger partial charge < -0.3 is 9.80 Å². The number of H-pyrrole nitrogens is 1. The van der Waals surface area contributed by atoms with Crippen molar-refractivity contribution in [3.05, 3.63) is 87.9 Å². The van der Waals surface area contributed by atoms with Crippen LogP contribution in [0.5, 0.6) is 0 Å². The third kappa shape index (κ3) is 4.76. The molecular weight excluding hydrogens is 457 g/mol. The number of hydrogen-bond acceptors (Lipinski definition) is 3. The van der Waals surface area contributed by atoms with Crippen LogP contribution in [-0.4, -0.2) is 57.8 Å². The second-order valence-electron chi connectivity index (χ2n) is 9.67. The van der Waals surface area contributed by atoms with E-state index in [0.29, 0.717) is 25.3 Å². The van der Waals surface area contributed by atoms with Crippen LogP contribution in [0.3, 0.4) is 0 Å². The van der Waals surface area contributed by atoms with E-state index in [9.17, 15) is 9.59 Å². The molecule has 1 atom stereocenters. The van der Waals surface area contributed by atoms with Crippen molar-refractivity contribution in [2.24, 2.45) is 5.92 Å². The van der Waals surface area contributed by atoms with Gasteiger partial charge in [0.05, 0.1) is 5.69 Å². The fourth-order valence-corrected chi connectivity index (χ4v) is 5.03. The average Bonchev–Trinajstić information content (AvgIpc) is 3.45. The number of hydrogen-bond donors (Lipinski definition) is 1. The highest BCUT2D eigenvalue weighted by Crippen LogP contribution is 2.28. The highest BCUT2D eigenvalue weighted by molar-refractivity contribution is 5.74. The molecule has 0 radical (unpaired) electrons. The van der Waals surface area contributed by atoms with Crippen LogP contribution in [0.25, 0.3) is 22.9 Å². The van der Waals surface area contributed by atoms with Gasteiger partial charge in [0.25, 0.3) is 0 Å². The molecule has 1 fully saturated rings. The number of amides is 2. The Labute approximate surface area is 209 Å². The first kappa shape index (κ1) is 23.8. The lowest BCUT2D eigenvalue weighted by molar-refractivity contribution is 0.180. The SMILES string of the molecule is CN(C)C(=O)N1CC[C@@H](Cc2n[nH]c(=O)n2-c2ccc(-c3ccc4c(c3)CC/C=C\C=C/4)cc2F)C1. The summed E-state index contributed by atoms with van der Waals surface area (Å²) >= 11 is 0. The van der Waals surface area contributed by atoms with Crippen LogP contribution in [-0.2, 0) is 12.8 Å². The number of rotatable bonds is 4. The molecular formula is C28H30FN5O2. The molecule has 1 aliphatic heterocycles. The van der Waals surface area contributed by atoms with E-state index >= 15 is 4.39 Å². The van der Waals surface area contributed by atoms with Crippen molar-refractivity contribution >= 4 is 12.1 Å². The van der Waals surface area contributed by atoms with Crippen molar-refractivity contribution in [2.75, 3.05) is 27.2 Å². The first-order valence-corrected chi connectivity index (χ1v) is 12.3. The predicted octanol–water partition coefficient (Wildman–Crippen LogP) is 4.43. The topological polar surface area (TPSA) is 74.2 Å². The maximum absolute atomic E-state index is 15.4. The van der Waals surface area contributed by atoms with Gasteiger partial charge >= 0.3 is 11.7 Å². The molecule has 0 saturated carbocycles. The van der Waals surface area contributed by atoms with E-state index in [1.807, 2.05) is 18.2 Å². The van der Waals surface area contributed by atoms with Crippen LogP contribution in [0.1, 0.15) is 29.8 Å². The van der Waals surface area contributed by atoms with Crippen LogP contribution < -0.4 is 5.69 Å². The number of aryl methyl sites for hydroxylation is 1. The van der Waals surface area contributed by atoms with E-state index in [1.165, 1.54) is 21.8 Å². The predicted molar refractivity (Wildman–Crippen MR) is 139 cm³/mol. The number of urea groups is 1. The first-order valence-electron chi connectivity index (χ1n) is 12.3. The smallest absolute Gasteiger partial charge is 0.331 e. The fourth-order valence-electron chi connectivity index (χ4n) is 5.03. The normalized spacial score (nSPS) is 18.9. The molecule has 0 spiro atoms. The highest BCUT2D eigenvalue weighted by atomic mass is 19.1. The van der Waals surface area contributed by atoms with Crippen LogP contribution in [0.2, 0.25) is 0 Å². The minimum Gasteiger partial charge on any atom is -0.331 e. The number of allylic oxidation sites excluding steroid dienone is 3. The molecule has 7 nitrogen and oxygen atoms in total. The Balaban J connectivity index is 1.39. The Hall–Kier alpha value is -3.94. The Kier molecular flexibility index (Phi) is 6.59. The fraction of sp³-hybridized carbons (Fsp3) is 0.321. The largest absolute Gasteiger partial charge is 0.348 e. The minimum absolute atomic E-state index is 0.0283. The zero-order valence-corrected chi connectivity index (χ0v) is 20.6. The molecule has 2 heterocycles. The molecule has 2 aliphatic rings. The Bertz CT molecular complexity index is 1400. The highest BCUT2D eigenvalue weighted by Gasteiger charge is 2.29. The molecule has 3 aromatic rings. The minimum atomic E-state index is -0.484. The molecule has 36 heavy (non-hydrogen) atoms. The van der Waals surface area contributed by atoms with E-state index in [0.717, 1.165) is 30.4 Å². The number of aromatic nitrogens is 3. The van der Waals surface area contributed by atoms with Gasteiger partial charge in [-0.1, -0.05) is 48.6 Å². The molecule has 1 saturated heterocycles. The summed E-state index contributed by atoms with van der Waals surface area (Å²) in [7, 11) is 3.46. The number of nitrogens with one attached hydrogen (secondary N) is 1. The summed E-state index contributed by atoms with van der Waals surface area (Å²) in [5, 5.41) is 6.65. The summed E-state index contributed by atoms with van der Waals surface area (Å²) in [4.78, 5) is 28.2. The van der Waals surface area contributed by atoms with Gasteiger partial charge in [-0.15, -0.1) is 0 Å². The summed E-state index contributed by atoms with van der Waals surface area (Å²) in [6.07, 6.45) is 11.5. The molecule has 2 aromatic carbocycles. The monoisotopic (exact) mass is 487 g/mol. The van der Waals surface area contributed by atoms with Crippen LogP contribution in [0.15, 0.2) is 59.4 Å². The molecule has 0 unspecified atom stereocenters. The van der Waals surface area contributed by atoms with E-state index in [-0.39, 0.29) is 17.6 Å². The number of aromatic amines is 1. The summed E-state index contributed by atoms with van der Waals surface area (Å²) in [5.41, 5.74) is 3.79. The van der Waals surface area contributed by atoms with Crippen molar-refractivity contribution in [2.45, 2.75) is 25.7 Å². The third-order valence-corrected chi connectivity index (χ3v) is 6.92. The lowest BCUT2D eigenvalue weighted by atomic mass is 9.95. The second kappa shape index (κ2) is 9.97. The molecule has 1 aromatic heterocycles. The van der Waals surface area contributed by atoms with Gasteiger partial charge in [-0.05, 0) is 59.6 Å². The maximum Gasteiger partial charge on any atom is 0.348 e.